The van der Waals surface area contributed by atoms with Gasteiger partial charge in [0.15, 0.2) is 0 Å². The van der Waals surface area contributed by atoms with Gasteiger partial charge in [-0.25, -0.2) is 0 Å². The number of amides is 3. The zero-order valence-corrected chi connectivity index (χ0v) is 7.87. The molecule has 1 heterocycles. The maximum atomic E-state index is 11.2. The van der Waals surface area contributed by atoms with Gasteiger partial charge in [-0.15, -0.1) is 0 Å². The minimum Gasteiger partial charge on any atom is -0.341 e. The number of piperidine rings is 1. The fraction of sp³-hybridized carbons (Fsp3) is 0.444. The highest BCUT2D eigenvalue weighted by molar-refractivity contribution is 6.02. The lowest BCUT2D eigenvalue weighted by Gasteiger charge is -2.20. The summed E-state index contributed by atoms with van der Waals surface area (Å²) >= 11 is 0. The van der Waals surface area contributed by atoms with Gasteiger partial charge in [0.1, 0.15) is 6.04 Å². The molecule has 1 fully saturated rings. The molecule has 0 bridgehead atoms. The number of carbonyl (C=O) groups excluding carboxylic acids is 3. The van der Waals surface area contributed by atoms with Gasteiger partial charge in [-0.05, 0) is 19.4 Å². The number of nitrogens with one attached hydrogen (secondary N) is 2. The van der Waals surface area contributed by atoms with Crippen molar-refractivity contribution >= 4 is 17.7 Å². The highest BCUT2D eigenvalue weighted by Crippen LogP contribution is 2.03. The molecule has 14 heavy (non-hydrogen) atoms. The summed E-state index contributed by atoms with van der Waals surface area (Å²) in [5, 5.41) is 4.66. The summed E-state index contributed by atoms with van der Waals surface area (Å²) in [5.41, 5.74) is 0. The van der Waals surface area contributed by atoms with Crippen molar-refractivity contribution in [1.29, 1.82) is 0 Å². The lowest BCUT2D eigenvalue weighted by atomic mass is 10.1. The van der Waals surface area contributed by atoms with E-state index in [1.807, 2.05) is 0 Å². The first-order valence-electron chi connectivity index (χ1n) is 4.40. The van der Waals surface area contributed by atoms with Crippen LogP contribution in [0.4, 0.5) is 0 Å². The van der Waals surface area contributed by atoms with E-state index in [2.05, 4.69) is 10.6 Å². The second-order valence-electron chi connectivity index (χ2n) is 3.01. The molecule has 2 N–H and O–H groups in total. The second kappa shape index (κ2) is 4.55. The minimum atomic E-state index is -0.587. The van der Waals surface area contributed by atoms with Gasteiger partial charge in [-0.3, -0.25) is 19.7 Å². The Kier molecular flexibility index (Phi) is 3.39. The SMILES string of the molecule is CC=CC(=O)NC1CCC(=O)NC1=O. The van der Waals surface area contributed by atoms with E-state index in [-0.39, 0.29) is 18.2 Å². The fourth-order valence-electron chi connectivity index (χ4n) is 1.20. The Morgan fingerprint density at radius 2 is 2.29 bits per heavy atom. The van der Waals surface area contributed by atoms with Crippen molar-refractivity contribution in [3.8, 4) is 0 Å². The number of allylic oxidation sites excluding steroid dienone is 1. The highest BCUT2D eigenvalue weighted by atomic mass is 16.2. The Bertz CT molecular complexity index is 296. The summed E-state index contributed by atoms with van der Waals surface area (Å²) in [6.45, 7) is 1.71. The number of rotatable bonds is 2. The molecule has 0 saturated carbocycles. The molecule has 0 aromatic carbocycles. The summed E-state index contributed by atoms with van der Waals surface area (Å²) in [6.07, 6.45) is 3.56. The molecule has 1 saturated heterocycles. The van der Waals surface area contributed by atoms with Gasteiger partial charge in [0, 0.05) is 6.42 Å². The molecule has 3 amide bonds. The van der Waals surface area contributed by atoms with Gasteiger partial charge in [0.05, 0.1) is 0 Å². The molecule has 1 rings (SSSR count). The van der Waals surface area contributed by atoms with Crippen molar-refractivity contribution in [2.75, 3.05) is 0 Å². The highest BCUT2D eigenvalue weighted by Gasteiger charge is 2.26. The van der Waals surface area contributed by atoms with E-state index in [1.54, 1.807) is 13.0 Å². The van der Waals surface area contributed by atoms with E-state index < -0.39 is 11.9 Å². The fourth-order valence-corrected chi connectivity index (χ4v) is 1.20. The van der Waals surface area contributed by atoms with Crippen LogP contribution in [0.25, 0.3) is 0 Å². The smallest absolute Gasteiger partial charge is 0.249 e. The summed E-state index contributed by atoms with van der Waals surface area (Å²) in [4.78, 5) is 33.0. The minimum absolute atomic E-state index is 0.270. The molecule has 0 aromatic heterocycles. The maximum absolute atomic E-state index is 11.2. The van der Waals surface area contributed by atoms with Gasteiger partial charge in [0.25, 0.3) is 0 Å². The molecular formula is C9H12N2O3. The van der Waals surface area contributed by atoms with Crippen molar-refractivity contribution in [2.45, 2.75) is 25.8 Å². The number of hydrogen-bond donors (Lipinski definition) is 2. The van der Waals surface area contributed by atoms with E-state index in [1.165, 1.54) is 6.08 Å². The zero-order chi connectivity index (χ0) is 10.6. The molecule has 1 aliphatic rings. The molecule has 0 radical (unpaired) electrons. The lowest BCUT2D eigenvalue weighted by Crippen LogP contribution is -2.51. The zero-order valence-electron chi connectivity index (χ0n) is 7.87. The Morgan fingerprint density at radius 1 is 1.57 bits per heavy atom. The first-order valence-corrected chi connectivity index (χ1v) is 4.40. The number of imide groups is 1. The molecule has 76 valence electrons. The Labute approximate surface area is 81.5 Å². The van der Waals surface area contributed by atoms with Crippen LogP contribution >= 0.6 is 0 Å². The van der Waals surface area contributed by atoms with E-state index in [0.29, 0.717) is 6.42 Å². The Hall–Kier alpha value is -1.65. The third-order valence-electron chi connectivity index (χ3n) is 1.87. The molecule has 5 heteroatoms. The van der Waals surface area contributed by atoms with Crippen molar-refractivity contribution in [2.24, 2.45) is 0 Å². The molecule has 0 aliphatic carbocycles. The van der Waals surface area contributed by atoms with E-state index in [0.717, 1.165) is 0 Å². The average Bonchev–Trinajstić information content (AvgIpc) is 2.10. The van der Waals surface area contributed by atoms with Gasteiger partial charge in [-0.1, -0.05) is 6.08 Å². The third-order valence-corrected chi connectivity index (χ3v) is 1.87. The van der Waals surface area contributed by atoms with Crippen molar-refractivity contribution in [1.82, 2.24) is 10.6 Å². The monoisotopic (exact) mass is 196 g/mol. The first-order chi connectivity index (χ1) is 6.63. The van der Waals surface area contributed by atoms with Crippen LogP contribution < -0.4 is 10.6 Å². The summed E-state index contributed by atoms with van der Waals surface area (Å²) < 4.78 is 0. The lowest BCUT2D eigenvalue weighted by molar-refractivity contribution is -0.136. The van der Waals surface area contributed by atoms with Crippen LogP contribution in [-0.2, 0) is 14.4 Å². The average molecular weight is 196 g/mol. The molecule has 0 spiro atoms. The van der Waals surface area contributed by atoms with E-state index in [9.17, 15) is 14.4 Å². The molecule has 0 aromatic rings. The molecule has 1 aliphatic heterocycles. The standard InChI is InChI=1S/C9H12N2O3/c1-2-3-7(12)10-6-4-5-8(13)11-9(6)14/h2-3,6H,4-5H2,1H3,(H,10,12)(H,11,13,14). The maximum Gasteiger partial charge on any atom is 0.249 e. The van der Waals surface area contributed by atoms with Crippen molar-refractivity contribution in [3.05, 3.63) is 12.2 Å². The van der Waals surface area contributed by atoms with Crippen LogP contribution in [0, 0.1) is 0 Å². The van der Waals surface area contributed by atoms with Gasteiger partial charge in [-0.2, -0.15) is 0 Å². The van der Waals surface area contributed by atoms with Crippen LogP contribution in [0.2, 0.25) is 0 Å². The van der Waals surface area contributed by atoms with Crippen LogP contribution in [-0.4, -0.2) is 23.8 Å². The van der Waals surface area contributed by atoms with Crippen LogP contribution in [0.1, 0.15) is 19.8 Å². The second-order valence-corrected chi connectivity index (χ2v) is 3.01. The molecule has 1 unspecified atom stereocenters. The molecule has 1 atom stereocenters. The Morgan fingerprint density at radius 3 is 2.86 bits per heavy atom. The molecular weight excluding hydrogens is 184 g/mol. The normalized spacial score (nSPS) is 22.2. The third kappa shape index (κ3) is 2.69. The molecule has 5 nitrogen and oxygen atoms in total. The topological polar surface area (TPSA) is 75.3 Å². The largest absolute Gasteiger partial charge is 0.341 e. The first kappa shape index (κ1) is 10.4. The summed E-state index contributed by atoms with van der Waals surface area (Å²) in [6, 6.07) is -0.587. The van der Waals surface area contributed by atoms with Crippen molar-refractivity contribution in [3.63, 3.8) is 0 Å². The quantitative estimate of drug-likeness (QED) is 0.461. The van der Waals surface area contributed by atoms with Crippen LogP contribution in [0.5, 0.6) is 0 Å². The number of hydrogen-bond acceptors (Lipinski definition) is 3. The Balaban J connectivity index is 2.49. The van der Waals surface area contributed by atoms with E-state index in [4.69, 9.17) is 0 Å². The van der Waals surface area contributed by atoms with Gasteiger partial charge < -0.3 is 5.32 Å². The number of carbonyl (C=O) groups is 3. The predicted octanol–water partition coefficient (Wildman–Crippen LogP) is -0.516. The van der Waals surface area contributed by atoms with Crippen LogP contribution in [0.15, 0.2) is 12.2 Å². The summed E-state index contributed by atoms with van der Waals surface area (Å²) in [7, 11) is 0. The van der Waals surface area contributed by atoms with E-state index >= 15 is 0 Å². The predicted molar refractivity (Wildman–Crippen MR) is 49.1 cm³/mol. The summed E-state index contributed by atoms with van der Waals surface area (Å²) in [5.74, 6) is -1.03. The van der Waals surface area contributed by atoms with Gasteiger partial charge >= 0.3 is 0 Å². The van der Waals surface area contributed by atoms with Crippen LogP contribution in [0.3, 0.4) is 0 Å². The van der Waals surface area contributed by atoms with Crippen molar-refractivity contribution < 1.29 is 14.4 Å². The van der Waals surface area contributed by atoms with Gasteiger partial charge in [0.2, 0.25) is 17.7 Å².